The highest BCUT2D eigenvalue weighted by molar-refractivity contribution is 7.88. The van der Waals surface area contributed by atoms with Crippen LogP contribution in [0.1, 0.15) is 39.6 Å². The summed E-state index contributed by atoms with van der Waals surface area (Å²) in [5.74, 6) is 0. The third kappa shape index (κ3) is 5.85. The molecule has 1 aliphatic rings. The molecule has 8 nitrogen and oxygen atoms in total. The van der Waals surface area contributed by atoms with Gasteiger partial charge in [-0.05, 0) is 59.9 Å². The Morgan fingerprint density at radius 1 is 1.00 bits per heavy atom. The fraction of sp³-hybridized carbons (Fsp3) is 0.233. The second-order valence-electron chi connectivity index (χ2n) is 9.80. The smallest absolute Gasteiger partial charge is 0.211 e. The number of H-pyrrole nitrogens is 1. The molecule has 0 saturated carbocycles. The number of imidazole rings is 1. The Labute approximate surface area is 228 Å². The zero-order valence-electron chi connectivity index (χ0n) is 21.5. The van der Waals surface area contributed by atoms with Gasteiger partial charge in [0.2, 0.25) is 10.0 Å². The van der Waals surface area contributed by atoms with E-state index in [4.69, 9.17) is 0 Å². The Hall–Kier alpha value is -4.44. The highest BCUT2D eigenvalue weighted by Crippen LogP contribution is 2.37. The molecule has 0 aliphatic carbocycles. The lowest BCUT2D eigenvalue weighted by molar-refractivity contribution is 0.316. The van der Waals surface area contributed by atoms with Gasteiger partial charge in [0, 0.05) is 24.8 Å². The lowest BCUT2D eigenvalue weighted by Gasteiger charge is -2.36. The summed E-state index contributed by atoms with van der Waals surface area (Å²) in [5, 5.41) is 18.9. The van der Waals surface area contributed by atoms with Crippen LogP contribution >= 0.6 is 0 Å². The predicted octanol–water partition coefficient (Wildman–Crippen LogP) is 4.33. The zero-order valence-corrected chi connectivity index (χ0v) is 22.3. The Morgan fingerprint density at radius 3 is 2.36 bits per heavy atom. The summed E-state index contributed by atoms with van der Waals surface area (Å²) in [6.07, 6.45) is 5.82. The van der Waals surface area contributed by atoms with Gasteiger partial charge in [0.15, 0.2) is 0 Å². The van der Waals surface area contributed by atoms with Crippen molar-refractivity contribution in [1.82, 2.24) is 14.3 Å². The van der Waals surface area contributed by atoms with Gasteiger partial charge in [-0.15, -0.1) is 0 Å². The first-order valence-electron chi connectivity index (χ1n) is 12.6. The second kappa shape index (κ2) is 11.1. The van der Waals surface area contributed by atoms with Gasteiger partial charge in [-0.25, -0.2) is 13.4 Å². The van der Waals surface area contributed by atoms with Crippen molar-refractivity contribution < 1.29 is 8.42 Å². The second-order valence-corrected chi connectivity index (χ2v) is 11.7. The third-order valence-corrected chi connectivity index (χ3v) is 8.44. The third-order valence-electron chi connectivity index (χ3n) is 7.17. The number of anilines is 1. The molecule has 9 heteroatoms. The van der Waals surface area contributed by atoms with E-state index in [1.165, 1.54) is 6.26 Å². The molecule has 1 aromatic heterocycles. The van der Waals surface area contributed by atoms with Crippen molar-refractivity contribution in [2.45, 2.75) is 31.5 Å². The maximum Gasteiger partial charge on any atom is 0.211 e. The fourth-order valence-corrected chi connectivity index (χ4v) is 6.34. The summed E-state index contributed by atoms with van der Waals surface area (Å²) in [6, 6.07) is 26.7. The van der Waals surface area contributed by atoms with Crippen LogP contribution < -0.4 is 4.90 Å². The van der Waals surface area contributed by atoms with Crippen LogP contribution in [0.5, 0.6) is 0 Å². The van der Waals surface area contributed by atoms with Gasteiger partial charge in [0.1, 0.15) is 0 Å². The maximum absolute atomic E-state index is 13.2. The van der Waals surface area contributed by atoms with E-state index in [1.54, 1.807) is 41.1 Å². The molecule has 0 radical (unpaired) electrons. The van der Waals surface area contributed by atoms with Crippen molar-refractivity contribution in [2.24, 2.45) is 0 Å². The van der Waals surface area contributed by atoms with Crippen LogP contribution in [0, 0.1) is 22.7 Å². The highest BCUT2D eigenvalue weighted by atomic mass is 32.2. The lowest BCUT2D eigenvalue weighted by atomic mass is 9.98. The van der Waals surface area contributed by atoms with E-state index in [0.29, 0.717) is 30.5 Å². The average Bonchev–Trinajstić information content (AvgIpc) is 3.42. The van der Waals surface area contributed by atoms with E-state index in [1.807, 2.05) is 48.5 Å². The summed E-state index contributed by atoms with van der Waals surface area (Å²) < 4.78 is 27.9. The molecule has 1 unspecified atom stereocenters. The number of aromatic amines is 1. The minimum atomic E-state index is -3.58. The Kier molecular flexibility index (Phi) is 7.47. The molecule has 196 valence electrons. The molecule has 39 heavy (non-hydrogen) atoms. The number of sulfonamides is 1. The standard InChI is InChI=1S/C30H28N6O2S/c1-39(37,38)36-19-26-13-25(17-32)11-12-29(26)35(20-27(36)14-22-5-3-2-4-6-22)30(28-18-33-21-34-28)15-23-7-9-24(16-31)10-8-23/h2-13,18,21,27,30H,14-15,19-20H2,1H3,(H,33,34)/t27-,30?/m1/s1. The van der Waals surface area contributed by atoms with Gasteiger partial charge in [-0.2, -0.15) is 14.8 Å². The molecule has 0 bridgehead atoms. The van der Waals surface area contributed by atoms with Gasteiger partial charge < -0.3 is 9.88 Å². The molecule has 0 saturated heterocycles. The SMILES string of the molecule is CS(=O)(=O)N1Cc2cc(C#N)ccc2N(C(Cc2ccc(C#N)cc2)c2cnc[nH]2)C[C@H]1Cc1ccccc1. The molecule has 1 aliphatic heterocycles. The number of nitrogens with one attached hydrogen (secondary N) is 1. The molecular formula is C30H28N6O2S. The number of rotatable bonds is 7. The number of fused-ring (bicyclic) bond motifs is 1. The first-order valence-corrected chi connectivity index (χ1v) is 14.5. The largest absolute Gasteiger partial charge is 0.361 e. The first-order chi connectivity index (χ1) is 18.9. The average molecular weight is 537 g/mol. The van der Waals surface area contributed by atoms with Crippen LogP contribution in [0.2, 0.25) is 0 Å². The quantitative estimate of drug-likeness (QED) is 0.376. The summed E-state index contributed by atoms with van der Waals surface area (Å²) >= 11 is 0. The Bertz CT molecular complexity index is 1620. The number of hydrogen-bond acceptors (Lipinski definition) is 6. The predicted molar refractivity (Wildman–Crippen MR) is 149 cm³/mol. The molecule has 3 aromatic carbocycles. The molecule has 4 aromatic rings. The molecule has 0 fully saturated rings. The summed E-state index contributed by atoms with van der Waals surface area (Å²) in [6.45, 7) is 0.602. The summed E-state index contributed by atoms with van der Waals surface area (Å²) in [5.41, 5.74) is 5.70. The lowest BCUT2D eigenvalue weighted by Crippen LogP contribution is -2.46. The number of aromatic nitrogens is 2. The van der Waals surface area contributed by atoms with Gasteiger partial charge in [0.05, 0.1) is 53.8 Å². The van der Waals surface area contributed by atoms with Crippen molar-refractivity contribution >= 4 is 15.7 Å². The zero-order chi connectivity index (χ0) is 27.4. The summed E-state index contributed by atoms with van der Waals surface area (Å²) in [4.78, 5) is 9.78. The topological polar surface area (TPSA) is 117 Å². The normalized spacial score (nSPS) is 16.5. The van der Waals surface area contributed by atoms with Gasteiger partial charge >= 0.3 is 0 Å². The molecule has 2 heterocycles. The van der Waals surface area contributed by atoms with E-state index >= 15 is 0 Å². The first kappa shape index (κ1) is 26.2. The van der Waals surface area contributed by atoms with Crippen LogP contribution in [0.4, 0.5) is 5.69 Å². The van der Waals surface area contributed by atoms with Gasteiger partial charge in [-0.1, -0.05) is 42.5 Å². The molecule has 0 spiro atoms. The van der Waals surface area contributed by atoms with E-state index in [2.05, 4.69) is 27.0 Å². The summed E-state index contributed by atoms with van der Waals surface area (Å²) in [7, 11) is -3.58. The number of benzene rings is 3. The minimum Gasteiger partial charge on any atom is -0.361 e. The van der Waals surface area contributed by atoms with E-state index in [-0.39, 0.29) is 18.6 Å². The fourth-order valence-electron chi connectivity index (χ4n) is 5.29. The van der Waals surface area contributed by atoms with Crippen LogP contribution in [0.3, 0.4) is 0 Å². The van der Waals surface area contributed by atoms with Crippen molar-refractivity contribution in [2.75, 3.05) is 17.7 Å². The maximum atomic E-state index is 13.2. The van der Waals surface area contributed by atoms with E-state index in [0.717, 1.165) is 28.1 Å². The molecular weight excluding hydrogens is 508 g/mol. The van der Waals surface area contributed by atoms with Crippen molar-refractivity contribution in [3.05, 3.63) is 119 Å². The van der Waals surface area contributed by atoms with Crippen LogP contribution in [0.25, 0.3) is 0 Å². The van der Waals surface area contributed by atoms with Crippen molar-refractivity contribution in [3.63, 3.8) is 0 Å². The van der Waals surface area contributed by atoms with E-state index < -0.39 is 10.0 Å². The number of nitrogens with zero attached hydrogens (tertiary/aromatic N) is 5. The monoisotopic (exact) mass is 536 g/mol. The number of nitriles is 2. The Balaban J connectivity index is 1.64. The van der Waals surface area contributed by atoms with Gasteiger partial charge in [-0.3, -0.25) is 0 Å². The van der Waals surface area contributed by atoms with Gasteiger partial charge in [0.25, 0.3) is 0 Å². The molecule has 2 atom stereocenters. The molecule has 5 rings (SSSR count). The van der Waals surface area contributed by atoms with Crippen molar-refractivity contribution in [1.29, 1.82) is 10.5 Å². The van der Waals surface area contributed by atoms with Crippen LogP contribution in [-0.2, 0) is 29.4 Å². The van der Waals surface area contributed by atoms with E-state index in [9.17, 15) is 18.9 Å². The Morgan fingerprint density at radius 2 is 1.72 bits per heavy atom. The molecule has 0 amide bonds. The molecule has 1 N–H and O–H groups in total. The van der Waals surface area contributed by atoms with Crippen LogP contribution in [0.15, 0.2) is 85.3 Å². The van der Waals surface area contributed by atoms with Crippen molar-refractivity contribution in [3.8, 4) is 12.1 Å². The number of hydrogen-bond donors (Lipinski definition) is 1. The minimum absolute atomic E-state index is 0.171. The highest BCUT2D eigenvalue weighted by Gasteiger charge is 2.36. The van der Waals surface area contributed by atoms with Crippen LogP contribution in [-0.4, -0.2) is 41.5 Å².